The molecule has 0 spiro atoms. The van der Waals surface area contributed by atoms with Crippen molar-refractivity contribution in [1.29, 1.82) is 0 Å². The van der Waals surface area contributed by atoms with Gasteiger partial charge in [-0.2, -0.15) is 4.31 Å². The van der Waals surface area contributed by atoms with Crippen LogP contribution in [0.4, 0.5) is 5.69 Å². The fourth-order valence-corrected chi connectivity index (χ4v) is 3.34. The molecule has 0 atom stereocenters. The third kappa shape index (κ3) is 3.20. The van der Waals surface area contributed by atoms with Gasteiger partial charge in [0.25, 0.3) is 0 Å². The number of sulfonamides is 1. The van der Waals surface area contributed by atoms with Crippen LogP contribution in [0.2, 0.25) is 0 Å². The number of hydrazine groups is 1. The lowest BCUT2D eigenvalue weighted by atomic mass is 10.3. The molecule has 0 bridgehead atoms. The second kappa shape index (κ2) is 6.69. The number of aliphatic hydroxyl groups excluding tert-OH is 1. The quantitative estimate of drug-likeness (QED) is 0.492. The first-order valence-electron chi connectivity index (χ1n) is 5.74. The second-order valence-electron chi connectivity index (χ2n) is 3.77. The third-order valence-corrected chi connectivity index (χ3v) is 4.44. The molecule has 1 aromatic rings. The van der Waals surface area contributed by atoms with Crippen molar-refractivity contribution in [3.8, 4) is 0 Å². The molecule has 0 saturated carbocycles. The maximum Gasteiger partial charge on any atom is 0.245 e. The van der Waals surface area contributed by atoms with Gasteiger partial charge >= 0.3 is 0 Å². The van der Waals surface area contributed by atoms with E-state index in [0.29, 0.717) is 18.7 Å². The minimum atomic E-state index is -3.64. The number of benzene rings is 1. The number of nitrogens with zero attached hydrogens (tertiary/aromatic N) is 1. The molecule has 0 aliphatic heterocycles. The molecule has 0 unspecified atom stereocenters. The number of para-hydroxylation sites is 1. The Labute approximate surface area is 107 Å². The van der Waals surface area contributed by atoms with Crippen LogP contribution in [0.1, 0.15) is 13.3 Å². The van der Waals surface area contributed by atoms with Gasteiger partial charge in [0.05, 0.1) is 12.3 Å². The Bertz CT molecular complexity index is 470. The van der Waals surface area contributed by atoms with E-state index < -0.39 is 10.0 Å². The summed E-state index contributed by atoms with van der Waals surface area (Å²) in [4.78, 5) is 0.120. The summed E-state index contributed by atoms with van der Waals surface area (Å²) in [6, 6.07) is 6.42. The standard InChI is InChI=1S/C11H19N3O3S/c1-2-7-14(8-9-15)18(16,17)11-6-4-3-5-10(11)13-12/h3-6,13,15H,2,7-9,12H2,1H3. The van der Waals surface area contributed by atoms with Crippen LogP contribution in [0.15, 0.2) is 29.2 Å². The number of nitrogen functional groups attached to an aromatic ring is 1. The predicted octanol–water partition coefficient (Wildman–Crippen LogP) is 0.365. The molecule has 18 heavy (non-hydrogen) atoms. The summed E-state index contributed by atoms with van der Waals surface area (Å²) in [6.45, 7) is 2.11. The highest BCUT2D eigenvalue weighted by atomic mass is 32.2. The molecule has 0 fully saturated rings. The van der Waals surface area contributed by atoms with E-state index in [2.05, 4.69) is 5.43 Å². The summed E-state index contributed by atoms with van der Waals surface area (Å²) < 4.78 is 26.1. The van der Waals surface area contributed by atoms with Crippen molar-refractivity contribution < 1.29 is 13.5 Å². The Hall–Kier alpha value is -1.15. The predicted molar refractivity (Wildman–Crippen MR) is 70.4 cm³/mol. The van der Waals surface area contributed by atoms with Crippen molar-refractivity contribution in [1.82, 2.24) is 4.31 Å². The van der Waals surface area contributed by atoms with E-state index in [9.17, 15) is 8.42 Å². The molecule has 7 heteroatoms. The molecule has 6 nitrogen and oxygen atoms in total. The first kappa shape index (κ1) is 14.9. The van der Waals surface area contributed by atoms with E-state index in [-0.39, 0.29) is 18.0 Å². The van der Waals surface area contributed by atoms with Crippen LogP contribution >= 0.6 is 0 Å². The zero-order valence-corrected chi connectivity index (χ0v) is 11.2. The van der Waals surface area contributed by atoms with Crippen LogP contribution in [0.5, 0.6) is 0 Å². The summed E-state index contributed by atoms with van der Waals surface area (Å²) in [5.74, 6) is 5.31. The van der Waals surface area contributed by atoms with Gasteiger partial charge in [-0.15, -0.1) is 0 Å². The fraction of sp³-hybridized carbons (Fsp3) is 0.455. The van der Waals surface area contributed by atoms with Gasteiger partial charge in [0.2, 0.25) is 10.0 Å². The minimum absolute atomic E-state index is 0.0785. The van der Waals surface area contributed by atoms with E-state index >= 15 is 0 Å². The maximum atomic E-state index is 12.4. The smallest absolute Gasteiger partial charge is 0.245 e. The average Bonchev–Trinajstić information content (AvgIpc) is 2.38. The van der Waals surface area contributed by atoms with Crippen molar-refractivity contribution >= 4 is 15.7 Å². The summed E-state index contributed by atoms with van der Waals surface area (Å²) in [7, 11) is -3.64. The highest BCUT2D eigenvalue weighted by molar-refractivity contribution is 7.89. The number of nitrogens with two attached hydrogens (primary N) is 1. The van der Waals surface area contributed by atoms with Crippen molar-refractivity contribution in [2.75, 3.05) is 25.1 Å². The van der Waals surface area contributed by atoms with Gasteiger partial charge < -0.3 is 10.5 Å². The Morgan fingerprint density at radius 3 is 2.56 bits per heavy atom. The van der Waals surface area contributed by atoms with Gasteiger partial charge in [-0.25, -0.2) is 8.42 Å². The van der Waals surface area contributed by atoms with Gasteiger partial charge in [-0.1, -0.05) is 19.1 Å². The van der Waals surface area contributed by atoms with Gasteiger partial charge in [-0.05, 0) is 18.6 Å². The van der Waals surface area contributed by atoms with Crippen molar-refractivity contribution in [3.05, 3.63) is 24.3 Å². The fourth-order valence-electron chi connectivity index (χ4n) is 1.66. The molecule has 1 aromatic carbocycles. The molecule has 1 rings (SSSR count). The molecule has 102 valence electrons. The van der Waals surface area contributed by atoms with Gasteiger partial charge in [0.15, 0.2) is 0 Å². The molecule has 0 aromatic heterocycles. The van der Waals surface area contributed by atoms with Crippen LogP contribution in [-0.4, -0.2) is 37.5 Å². The van der Waals surface area contributed by atoms with Crippen LogP contribution in [-0.2, 0) is 10.0 Å². The minimum Gasteiger partial charge on any atom is -0.395 e. The van der Waals surface area contributed by atoms with E-state index in [1.807, 2.05) is 6.92 Å². The number of rotatable bonds is 7. The molecule has 0 amide bonds. The normalized spacial score (nSPS) is 11.8. The lowest BCUT2D eigenvalue weighted by Gasteiger charge is -2.21. The number of hydrogen-bond donors (Lipinski definition) is 3. The molecule has 0 saturated heterocycles. The summed E-state index contributed by atoms with van der Waals surface area (Å²) in [5.41, 5.74) is 2.72. The lowest BCUT2D eigenvalue weighted by Crippen LogP contribution is -2.34. The average molecular weight is 273 g/mol. The SMILES string of the molecule is CCCN(CCO)S(=O)(=O)c1ccccc1NN. The maximum absolute atomic E-state index is 12.4. The highest BCUT2D eigenvalue weighted by Crippen LogP contribution is 2.23. The second-order valence-corrected chi connectivity index (χ2v) is 5.67. The molecule has 0 radical (unpaired) electrons. The number of nitrogens with one attached hydrogen (secondary N) is 1. The Balaban J connectivity index is 3.17. The third-order valence-electron chi connectivity index (χ3n) is 2.48. The number of hydrogen-bond acceptors (Lipinski definition) is 5. The Morgan fingerprint density at radius 1 is 1.33 bits per heavy atom. The molecule has 4 N–H and O–H groups in total. The van der Waals surface area contributed by atoms with E-state index in [1.165, 1.54) is 10.4 Å². The molecular formula is C11H19N3O3S. The lowest BCUT2D eigenvalue weighted by molar-refractivity contribution is 0.253. The Kier molecular flexibility index (Phi) is 5.54. The largest absolute Gasteiger partial charge is 0.395 e. The van der Waals surface area contributed by atoms with Crippen LogP contribution in [0.25, 0.3) is 0 Å². The van der Waals surface area contributed by atoms with E-state index in [1.54, 1.807) is 18.2 Å². The van der Waals surface area contributed by atoms with Crippen molar-refractivity contribution in [2.45, 2.75) is 18.2 Å². The van der Waals surface area contributed by atoms with Crippen LogP contribution in [0.3, 0.4) is 0 Å². The first-order valence-corrected chi connectivity index (χ1v) is 7.18. The molecular weight excluding hydrogens is 254 g/mol. The number of anilines is 1. The molecule has 0 aliphatic rings. The van der Waals surface area contributed by atoms with Crippen molar-refractivity contribution in [2.24, 2.45) is 5.84 Å². The zero-order valence-electron chi connectivity index (χ0n) is 10.3. The van der Waals surface area contributed by atoms with Crippen molar-refractivity contribution in [3.63, 3.8) is 0 Å². The monoisotopic (exact) mass is 273 g/mol. The summed E-state index contributed by atoms with van der Waals surface area (Å²) in [6.07, 6.45) is 0.678. The van der Waals surface area contributed by atoms with Gasteiger partial charge in [-0.3, -0.25) is 5.84 Å². The summed E-state index contributed by atoms with van der Waals surface area (Å²) in [5, 5.41) is 8.95. The highest BCUT2D eigenvalue weighted by Gasteiger charge is 2.25. The Morgan fingerprint density at radius 2 is 2.00 bits per heavy atom. The van der Waals surface area contributed by atoms with Crippen LogP contribution < -0.4 is 11.3 Å². The first-order chi connectivity index (χ1) is 8.57. The van der Waals surface area contributed by atoms with Gasteiger partial charge in [0.1, 0.15) is 4.90 Å². The van der Waals surface area contributed by atoms with E-state index in [4.69, 9.17) is 10.9 Å². The number of aliphatic hydroxyl groups is 1. The molecule has 0 aliphatic carbocycles. The topological polar surface area (TPSA) is 95.7 Å². The molecule has 0 heterocycles. The van der Waals surface area contributed by atoms with E-state index in [0.717, 1.165) is 0 Å². The van der Waals surface area contributed by atoms with Crippen LogP contribution in [0, 0.1) is 0 Å². The summed E-state index contributed by atoms with van der Waals surface area (Å²) >= 11 is 0. The zero-order chi connectivity index (χ0) is 13.6. The van der Waals surface area contributed by atoms with Gasteiger partial charge in [0, 0.05) is 13.1 Å².